The summed E-state index contributed by atoms with van der Waals surface area (Å²) < 4.78 is 2.83. The van der Waals surface area contributed by atoms with E-state index < -0.39 is 12.5 Å². The van der Waals surface area contributed by atoms with Crippen molar-refractivity contribution in [1.29, 1.82) is 0 Å². The van der Waals surface area contributed by atoms with Crippen molar-refractivity contribution in [2.75, 3.05) is 0 Å². The van der Waals surface area contributed by atoms with Gasteiger partial charge in [-0.25, -0.2) is 0 Å². The first-order valence-corrected chi connectivity index (χ1v) is 7.53. The summed E-state index contributed by atoms with van der Waals surface area (Å²) in [7, 11) is -1.45. The third kappa shape index (κ3) is 37.9. The Morgan fingerprint density at radius 2 is 1.55 bits per heavy atom. The van der Waals surface area contributed by atoms with E-state index in [4.69, 9.17) is 40.3 Å². The van der Waals surface area contributed by atoms with Gasteiger partial charge in [0.05, 0.1) is 0 Å². The number of nitrogens with zero attached hydrogens (tertiary/aromatic N) is 3. The Kier molecular flexibility index (Phi) is 8.96. The highest BCUT2D eigenvalue weighted by Crippen LogP contribution is 2.03. The fourth-order valence-corrected chi connectivity index (χ4v) is 0.402. The molecule has 0 heterocycles. The van der Waals surface area contributed by atoms with Gasteiger partial charge in [-0.1, -0.05) is 54.4 Å². The molecular weight excluding hydrogens is 225 g/mol. The number of hydrogen-bond acceptors (Lipinski definition) is 1. The van der Waals surface area contributed by atoms with E-state index in [-0.39, 0.29) is 0 Å². The van der Waals surface area contributed by atoms with Crippen LogP contribution in [0.15, 0.2) is 4.78 Å². The lowest BCUT2D eigenvalue weighted by atomic mass is 11.8. The SMILES string of the molecule is C[Si](C)(C)N=[N+]=[N-].ClC(Cl)Cl. The minimum absolute atomic E-state index is 0.750. The zero-order chi connectivity index (χ0) is 9.49. The number of halogens is 3. The second kappa shape index (κ2) is 7.07. The second-order valence-electron chi connectivity index (χ2n) is 2.61. The zero-order valence-corrected chi connectivity index (χ0v) is 9.82. The predicted molar refractivity (Wildman–Crippen MR) is 53.8 cm³/mol. The molecule has 0 saturated carbocycles. The minimum Gasteiger partial charge on any atom is -0.125 e. The number of rotatable bonds is 1. The highest BCUT2D eigenvalue weighted by atomic mass is 35.6. The predicted octanol–water partition coefficient (Wildman–Crippen LogP) is 4.12. The van der Waals surface area contributed by atoms with E-state index in [1.807, 2.05) is 19.6 Å². The second-order valence-corrected chi connectivity index (χ2v) is 9.13. The summed E-state index contributed by atoms with van der Waals surface area (Å²) in [4.78, 5) is 2.69. The van der Waals surface area contributed by atoms with Gasteiger partial charge < -0.3 is 0 Å². The standard InChI is InChI=1S/C3H9N3Si.CHCl3/c1-7(2,3)6-5-4;2-1(3)4/h1-3H3;1H. The Labute approximate surface area is 82.3 Å². The molecule has 0 aliphatic carbocycles. The van der Waals surface area contributed by atoms with E-state index in [9.17, 15) is 0 Å². The van der Waals surface area contributed by atoms with Crippen molar-refractivity contribution in [1.82, 2.24) is 0 Å². The maximum atomic E-state index is 7.89. The van der Waals surface area contributed by atoms with Crippen LogP contribution in [-0.4, -0.2) is 12.5 Å². The fourth-order valence-electron chi connectivity index (χ4n) is 0.134. The summed E-state index contributed by atoms with van der Waals surface area (Å²) in [5, 5.41) is 0. The summed E-state index contributed by atoms with van der Waals surface area (Å²) in [6.07, 6.45) is 0. The molecule has 0 spiro atoms. The molecule has 7 heteroatoms. The maximum absolute atomic E-state index is 7.89. The third-order valence-electron chi connectivity index (χ3n) is 0.345. The molecule has 0 rings (SSSR count). The van der Waals surface area contributed by atoms with E-state index in [0.29, 0.717) is 0 Å². The van der Waals surface area contributed by atoms with Crippen LogP contribution >= 0.6 is 34.8 Å². The first kappa shape index (κ1) is 14.0. The van der Waals surface area contributed by atoms with Crippen molar-refractivity contribution < 1.29 is 0 Å². The van der Waals surface area contributed by atoms with Gasteiger partial charge in [-0.15, -0.1) is 4.78 Å². The molecule has 66 valence electrons. The lowest BCUT2D eigenvalue weighted by molar-refractivity contribution is 1.52. The molecule has 0 amide bonds. The monoisotopic (exact) mass is 233 g/mol. The van der Waals surface area contributed by atoms with Gasteiger partial charge in [-0.05, 0) is 10.4 Å². The Balaban J connectivity index is 0. The van der Waals surface area contributed by atoms with Crippen LogP contribution in [0.1, 0.15) is 0 Å². The molecule has 0 unspecified atom stereocenters. The van der Waals surface area contributed by atoms with E-state index in [1.165, 1.54) is 0 Å². The van der Waals surface area contributed by atoms with Gasteiger partial charge in [0.2, 0.25) is 0 Å². The summed E-state index contributed by atoms with van der Waals surface area (Å²) in [6, 6.07) is 0. The molecule has 0 aliphatic heterocycles. The van der Waals surface area contributed by atoms with Crippen LogP contribution in [0.3, 0.4) is 0 Å². The van der Waals surface area contributed by atoms with Gasteiger partial charge in [-0.3, -0.25) is 0 Å². The normalized spacial score (nSPS) is 9.73. The molecule has 0 aromatic heterocycles. The Hall–Kier alpha value is 0.397. The Bertz CT molecular complexity index is 135. The first-order valence-electron chi connectivity index (χ1n) is 2.78. The number of hydrogen-bond donors (Lipinski definition) is 0. The lowest BCUT2D eigenvalue weighted by Crippen LogP contribution is -2.13. The van der Waals surface area contributed by atoms with Crippen LogP contribution in [0.4, 0.5) is 0 Å². The molecule has 0 aromatic carbocycles. The Morgan fingerprint density at radius 1 is 1.27 bits per heavy atom. The Morgan fingerprint density at radius 3 is 1.55 bits per heavy atom. The maximum Gasteiger partial charge on any atom is 0.180 e. The van der Waals surface area contributed by atoms with Crippen molar-refractivity contribution >= 4 is 43.0 Å². The summed E-state index contributed by atoms with van der Waals surface area (Å²) in [5.41, 5.74) is 7.89. The van der Waals surface area contributed by atoms with Gasteiger partial charge in [0.1, 0.15) is 8.24 Å². The van der Waals surface area contributed by atoms with Gasteiger partial charge in [0, 0.05) is 0 Å². The van der Waals surface area contributed by atoms with Crippen molar-refractivity contribution in [3.8, 4) is 0 Å². The van der Waals surface area contributed by atoms with Crippen molar-refractivity contribution in [2.24, 2.45) is 4.78 Å². The molecule has 0 aromatic rings. The first-order chi connectivity index (χ1) is 4.79. The fraction of sp³-hybridized carbons (Fsp3) is 1.00. The minimum atomic E-state index is -1.45. The molecule has 0 saturated heterocycles. The van der Waals surface area contributed by atoms with Gasteiger partial charge in [0.25, 0.3) is 0 Å². The molecule has 0 fully saturated rings. The van der Waals surface area contributed by atoms with E-state index in [1.54, 1.807) is 0 Å². The highest BCUT2D eigenvalue weighted by molar-refractivity contribution is 6.74. The lowest BCUT2D eigenvalue weighted by Gasteiger charge is -2.01. The average Bonchev–Trinajstić information content (AvgIpc) is 1.58. The summed E-state index contributed by atoms with van der Waals surface area (Å²) in [5.74, 6) is 0. The van der Waals surface area contributed by atoms with Crippen LogP contribution in [0.25, 0.3) is 10.4 Å². The summed E-state index contributed by atoms with van der Waals surface area (Å²) >= 11 is 14.4. The van der Waals surface area contributed by atoms with Crippen molar-refractivity contribution in [3.05, 3.63) is 10.4 Å². The van der Waals surface area contributed by atoms with Gasteiger partial charge >= 0.3 is 0 Å². The number of azide groups is 1. The molecule has 3 nitrogen and oxygen atoms in total. The van der Waals surface area contributed by atoms with Crippen molar-refractivity contribution in [2.45, 2.75) is 23.9 Å². The van der Waals surface area contributed by atoms with Crippen LogP contribution in [0.2, 0.25) is 19.6 Å². The van der Waals surface area contributed by atoms with Crippen molar-refractivity contribution in [3.63, 3.8) is 0 Å². The highest BCUT2D eigenvalue weighted by Gasteiger charge is 2.07. The molecule has 0 bridgehead atoms. The van der Waals surface area contributed by atoms with Gasteiger partial charge in [0.15, 0.2) is 4.30 Å². The average molecular weight is 235 g/mol. The molecule has 0 atom stereocenters. The molecular formula is C4H10Cl3N3Si. The smallest absolute Gasteiger partial charge is 0.125 e. The van der Waals surface area contributed by atoms with E-state index in [0.717, 1.165) is 0 Å². The van der Waals surface area contributed by atoms with E-state index in [2.05, 4.69) is 9.69 Å². The molecule has 0 aliphatic rings. The number of alkyl halides is 3. The van der Waals surface area contributed by atoms with Crippen LogP contribution in [0.5, 0.6) is 0 Å². The molecule has 0 radical (unpaired) electrons. The van der Waals surface area contributed by atoms with Crippen LogP contribution < -0.4 is 0 Å². The van der Waals surface area contributed by atoms with Crippen LogP contribution in [0, 0.1) is 0 Å². The van der Waals surface area contributed by atoms with Crippen LogP contribution in [-0.2, 0) is 0 Å². The molecule has 11 heavy (non-hydrogen) atoms. The zero-order valence-electron chi connectivity index (χ0n) is 6.55. The quantitative estimate of drug-likeness (QED) is 0.215. The topological polar surface area (TPSA) is 48.8 Å². The van der Waals surface area contributed by atoms with Gasteiger partial charge in [-0.2, -0.15) is 0 Å². The summed E-state index contributed by atoms with van der Waals surface area (Å²) in [6.45, 7) is 5.98. The van der Waals surface area contributed by atoms with E-state index >= 15 is 0 Å². The largest absolute Gasteiger partial charge is 0.180 e. The third-order valence-corrected chi connectivity index (χ3v) is 1.03. The molecule has 0 N–H and O–H groups in total.